The molecule has 1 aromatic rings. The maximum Gasteiger partial charge on any atom is 0.306 e. The van der Waals surface area contributed by atoms with Crippen molar-refractivity contribution in [2.75, 3.05) is 17.7 Å². The number of unbranched alkanes of at least 4 members (excludes halogenated alkanes) is 1. The Bertz CT molecular complexity index is 733. The first-order valence-corrected chi connectivity index (χ1v) is 12.1. The summed E-state index contributed by atoms with van der Waals surface area (Å²) in [4.78, 5) is 23.4. The van der Waals surface area contributed by atoms with Gasteiger partial charge in [0.1, 0.15) is 0 Å². The molecule has 2 rings (SSSR count). The summed E-state index contributed by atoms with van der Waals surface area (Å²) in [6.07, 6.45) is 4.34. The lowest BCUT2D eigenvalue weighted by molar-refractivity contribution is -0.147. The molecular weight excluding hydrogens is 396 g/mol. The Morgan fingerprint density at radius 2 is 2.12 bits per heavy atom. The lowest BCUT2D eigenvalue weighted by Crippen LogP contribution is -2.21. The topological polar surface area (TPSA) is 116 Å². The lowest BCUT2D eigenvalue weighted by atomic mass is 10.1. The van der Waals surface area contributed by atoms with Gasteiger partial charge in [0.2, 0.25) is 10.0 Å². The molecule has 0 saturated carbocycles. The molecule has 0 aromatic heterocycles. The normalized spacial score (nSPS) is 17.0. The largest absolute Gasteiger partial charge is 0.456 e. The van der Waals surface area contributed by atoms with Crippen molar-refractivity contribution < 1.29 is 22.7 Å². The number of hydrogen-bond donors (Lipinski definition) is 2. The van der Waals surface area contributed by atoms with Gasteiger partial charge in [0.05, 0.1) is 4.90 Å². The molecule has 1 heterocycles. The molecule has 1 aliphatic rings. The first-order valence-electron chi connectivity index (χ1n) is 8.21. The van der Waals surface area contributed by atoms with Crippen molar-refractivity contribution in [2.45, 2.75) is 42.2 Å². The van der Waals surface area contributed by atoms with Crippen molar-refractivity contribution >= 4 is 49.2 Å². The Balaban J connectivity index is 1.65. The van der Waals surface area contributed by atoms with Crippen molar-refractivity contribution in [1.29, 1.82) is 0 Å². The Labute approximate surface area is 161 Å². The molecule has 0 radical (unpaired) electrons. The number of benzene rings is 1. The zero-order valence-corrected chi connectivity index (χ0v) is 16.6. The lowest BCUT2D eigenvalue weighted by Gasteiger charge is -2.08. The van der Waals surface area contributed by atoms with Gasteiger partial charge in [-0.05, 0) is 37.5 Å². The van der Waals surface area contributed by atoms with Crippen molar-refractivity contribution in [3.63, 3.8) is 0 Å². The van der Waals surface area contributed by atoms with Crippen LogP contribution in [-0.2, 0) is 24.3 Å². The summed E-state index contributed by atoms with van der Waals surface area (Å²) >= 11 is 0. The van der Waals surface area contributed by atoms with Crippen molar-refractivity contribution in [3.05, 3.63) is 24.3 Å². The van der Waals surface area contributed by atoms with Crippen LogP contribution >= 0.6 is 21.6 Å². The number of anilines is 1. The summed E-state index contributed by atoms with van der Waals surface area (Å²) in [5.41, 5.74) is 0.268. The number of sulfonamides is 1. The van der Waals surface area contributed by atoms with E-state index in [0.717, 1.165) is 19.3 Å². The third-order valence-corrected chi connectivity index (χ3v) is 7.61. The Hall–Kier alpha value is -1.23. The van der Waals surface area contributed by atoms with Gasteiger partial charge in [0.25, 0.3) is 5.91 Å². The van der Waals surface area contributed by atoms with E-state index in [0.29, 0.717) is 11.7 Å². The average molecular weight is 419 g/mol. The minimum atomic E-state index is -3.85. The second-order valence-electron chi connectivity index (χ2n) is 5.86. The number of hydrogen-bond acceptors (Lipinski definition) is 7. The minimum Gasteiger partial charge on any atom is -0.456 e. The molecule has 1 saturated heterocycles. The molecule has 26 heavy (non-hydrogen) atoms. The third kappa shape index (κ3) is 7.56. The number of amides is 1. The molecule has 1 fully saturated rings. The smallest absolute Gasteiger partial charge is 0.306 e. The van der Waals surface area contributed by atoms with E-state index in [-0.39, 0.29) is 10.6 Å². The predicted molar refractivity (Wildman–Crippen MR) is 104 cm³/mol. The molecule has 1 atom stereocenters. The average Bonchev–Trinajstić information content (AvgIpc) is 3.10. The number of primary sulfonamides is 1. The molecule has 10 heteroatoms. The van der Waals surface area contributed by atoms with Gasteiger partial charge in [-0.15, -0.1) is 0 Å². The van der Waals surface area contributed by atoms with Crippen LogP contribution in [0.4, 0.5) is 5.69 Å². The van der Waals surface area contributed by atoms with Gasteiger partial charge in [-0.25, -0.2) is 13.6 Å². The molecule has 3 N–H and O–H groups in total. The Morgan fingerprint density at radius 3 is 2.81 bits per heavy atom. The maximum atomic E-state index is 11.8. The molecular formula is C16H22N2O5S3. The number of rotatable bonds is 9. The fraction of sp³-hybridized carbons (Fsp3) is 0.500. The molecule has 1 amide bonds. The fourth-order valence-corrected chi connectivity index (χ4v) is 5.96. The molecule has 0 unspecified atom stereocenters. The summed E-state index contributed by atoms with van der Waals surface area (Å²) in [5, 5.41) is 8.20. The van der Waals surface area contributed by atoms with Gasteiger partial charge in [0, 0.05) is 23.1 Å². The van der Waals surface area contributed by atoms with Crippen LogP contribution in [0.1, 0.15) is 32.1 Å². The first kappa shape index (κ1) is 21.1. The van der Waals surface area contributed by atoms with E-state index in [4.69, 9.17) is 9.88 Å². The summed E-state index contributed by atoms with van der Waals surface area (Å²) in [7, 11) is -0.0238. The fourth-order valence-electron chi connectivity index (χ4n) is 2.37. The van der Waals surface area contributed by atoms with Crippen molar-refractivity contribution in [3.8, 4) is 0 Å². The summed E-state index contributed by atoms with van der Waals surface area (Å²) in [6.45, 7) is -0.409. The van der Waals surface area contributed by atoms with E-state index in [1.807, 2.05) is 21.6 Å². The molecule has 144 valence electrons. The standard InChI is InChI=1S/C16H22N2O5S3/c17-26(21,22)14-6-3-4-12(10-14)18-15(19)11-23-16(20)7-2-1-5-13-8-9-24-25-13/h3-4,6,10,13H,1-2,5,7-9,11H2,(H,18,19)(H2,17,21,22)/t13-/m1/s1. The van der Waals surface area contributed by atoms with Crippen LogP contribution in [0.3, 0.4) is 0 Å². The zero-order valence-electron chi connectivity index (χ0n) is 14.2. The molecule has 7 nitrogen and oxygen atoms in total. The number of esters is 1. The zero-order chi connectivity index (χ0) is 19.0. The quantitative estimate of drug-likeness (QED) is 0.360. The second-order valence-corrected chi connectivity index (χ2v) is 10.2. The SMILES string of the molecule is NS(=O)(=O)c1cccc(NC(=O)COC(=O)CCCC[C@@H]2CCSS2)c1. The van der Waals surface area contributed by atoms with Crippen LogP contribution in [0, 0.1) is 0 Å². The van der Waals surface area contributed by atoms with Gasteiger partial charge >= 0.3 is 5.97 Å². The first-order chi connectivity index (χ1) is 12.3. The maximum absolute atomic E-state index is 11.8. The second kappa shape index (κ2) is 10.2. The molecule has 0 spiro atoms. The molecule has 0 aliphatic carbocycles. The van der Waals surface area contributed by atoms with Gasteiger partial charge in [0.15, 0.2) is 6.61 Å². The Kier molecular flexibility index (Phi) is 8.26. The van der Waals surface area contributed by atoms with Crippen LogP contribution in [-0.4, -0.2) is 37.9 Å². The van der Waals surface area contributed by atoms with Gasteiger partial charge in [-0.3, -0.25) is 9.59 Å². The van der Waals surface area contributed by atoms with Gasteiger partial charge in [-0.1, -0.05) is 34.1 Å². The van der Waals surface area contributed by atoms with E-state index in [2.05, 4.69) is 5.32 Å². The van der Waals surface area contributed by atoms with E-state index in [1.54, 1.807) is 0 Å². The highest BCUT2D eigenvalue weighted by Gasteiger charge is 2.16. The summed E-state index contributed by atoms with van der Waals surface area (Å²) in [5.74, 6) is 0.253. The van der Waals surface area contributed by atoms with Crippen LogP contribution < -0.4 is 10.5 Å². The summed E-state index contributed by atoms with van der Waals surface area (Å²) in [6, 6.07) is 5.55. The van der Waals surface area contributed by atoms with Crippen molar-refractivity contribution in [2.24, 2.45) is 5.14 Å². The Morgan fingerprint density at radius 1 is 1.31 bits per heavy atom. The molecule has 1 aromatic carbocycles. The highest BCUT2D eigenvalue weighted by Crippen LogP contribution is 2.39. The molecule has 1 aliphatic heterocycles. The van der Waals surface area contributed by atoms with E-state index >= 15 is 0 Å². The monoisotopic (exact) mass is 418 g/mol. The van der Waals surface area contributed by atoms with E-state index < -0.39 is 28.5 Å². The van der Waals surface area contributed by atoms with E-state index in [9.17, 15) is 18.0 Å². The van der Waals surface area contributed by atoms with Gasteiger partial charge < -0.3 is 10.1 Å². The third-order valence-electron chi connectivity index (χ3n) is 3.69. The van der Waals surface area contributed by atoms with Crippen LogP contribution in [0.5, 0.6) is 0 Å². The van der Waals surface area contributed by atoms with Crippen LogP contribution in [0.25, 0.3) is 0 Å². The number of nitrogens with one attached hydrogen (secondary N) is 1. The highest BCUT2D eigenvalue weighted by atomic mass is 33.1. The van der Waals surface area contributed by atoms with Gasteiger partial charge in [-0.2, -0.15) is 0 Å². The highest BCUT2D eigenvalue weighted by molar-refractivity contribution is 8.77. The summed E-state index contributed by atoms with van der Waals surface area (Å²) < 4.78 is 27.5. The van der Waals surface area contributed by atoms with E-state index in [1.165, 1.54) is 36.4 Å². The number of carbonyl (C=O) groups excluding carboxylic acids is 2. The number of ether oxygens (including phenoxy) is 1. The number of carbonyl (C=O) groups is 2. The van der Waals surface area contributed by atoms with Crippen LogP contribution in [0.15, 0.2) is 29.2 Å². The molecule has 0 bridgehead atoms. The van der Waals surface area contributed by atoms with Crippen LogP contribution in [0.2, 0.25) is 0 Å². The minimum absolute atomic E-state index is 0.105. The predicted octanol–water partition coefficient (Wildman–Crippen LogP) is 2.53. The van der Waals surface area contributed by atoms with Crippen molar-refractivity contribution in [1.82, 2.24) is 0 Å². The number of nitrogens with two attached hydrogens (primary N) is 1.